The van der Waals surface area contributed by atoms with Crippen LogP contribution >= 0.6 is 0 Å². The number of ether oxygens (including phenoxy) is 1. The summed E-state index contributed by atoms with van der Waals surface area (Å²) in [6, 6.07) is -0.463. The van der Waals surface area contributed by atoms with Crippen molar-refractivity contribution in [2.75, 3.05) is 13.2 Å². The minimum atomic E-state index is -0.696. The van der Waals surface area contributed by atoms with Gasteiger partial charge in [-0.3, -0.25) is 4.79 Å². The molecule has 0 aromatic heterocycles. The number of carbonyl (C=O) groups is 1. The van der Waals surface area contributed by atoms with Crippen LogP contribution in [0.2, 0.25) is 0 Å². The minimum absolute atomic E-state index is 0. The quantitative estimate of drug-likeness (QED) is 0.815. The maximum absolute atomic E-state index is 12.9. The molecular weight excluding hydrogens is 316 g/mol. The van der Waals surface area contributed by atoms with Crippen molar-refractivity contribution in [2.45, 2.75) is 64.8 Å². The summed E-state index contributed by atoms with van der Waals surface area (Å²) in [6.07, 6.45) is 3.37. The van der Waals surface area contributed by atoms with Gasteiger partial charge in [0.2, 0.25) is 0 Å². The lowest BCUT2D eigenvalue weighted by atomic mass is 9.85. The van der Waals surface area contributed by atoms with Crippen LogP contribution in [-0.2, 0) is 9.53 Å². The zero-order valence-electron chi connectivity index (χ0n) is 16.1. The van der Waals surface area contributed by atoms with Crippen molar-refractivity contribution in [3.8, 4) is 0 Å². The topological polar surface area (TPSA) is 75.8 Å². The van der Waals surface area contributed by atoms with E-state index in [-0.39, 0.29) is 32.3 Å². The predicted octanol–water partition coefficient (Wildman–Crippen LogP) is 2.66. The van der Waals surface area contributed by atoms with Crippen molar-refractivity contribution in [2.24, 2.45) is 11.7 Å². The van der Waals surface area contributed by atoms with Crippen molar-refractivity contribution < 1.29 is 16.1 Å². The Balaban J connectivity index is 0.00000201. The molecule has 1 fully saturated rings. The highest BCUT2D eigenvalue weighted by atomic mass is 16.5. The molecule has 1 saturated heterocycles. The molecule has 0 unspecified atom stereocenters. The summed E-state index contributed by atoms with van der Waals surface area (Å²) < 4.78 is 5.59. The number of allylic oxidation sites excluding steroid dienone is 1. The Morgan fingerprint density at radius 3 is 2.52 bits per heavy atom. The lowest BCUT2D eigenvalue weighted by Gasteiger charge is -2.42. The van der Waals surface area contributed by atoms with Crippen LogP contribution in [0.1, 0.15) is 42.0 Å². The molecule has 2 heterocycles. The van der Waals surface area contributed by atoms with E-state index in [1.54, 1.807) is 0 Å². The van der Waals surface area contributed by atoms with Crippen molar-refractivity contribution in [1.29, 1.82) is 0 Å². The third kappa shape index (κ3) is 4.81. The van der Waals surface area contributed by atoms with E-state index in [4.69, 9.17) is 10.5 Å². The highest BCUT2D eigenvalue weighted by Gasteiger charge is 2.39. The Kier molecular flexibility index (Phi) is 8.56. The molecule has 2 rings (SSSR count). The van der Waals surface area contributed by atoms with E-state index in [1.807, 2.05) is 30.9 Å². The highest BCUT2D eigenvalue weighted by Crippen LogP contribution is 2.31. The summed E-state index contributed by atoms with van der Waals surface area (Å²) >= 11 is 0. The van der Waals surface area contributed by atoms with Crippen molar-refractivity contribution in [3.05, 3.63) is 36.5 Å². The number of amides is 1. The first kappa shape index (κ1) is 21.6. The molecule has 2 aliphatic heterocycles. The SMILES string of the molecule is C=CC1=C(C=C)[C@H](C(C)C)N(C(=O)[C@H]2C[C@H](O)[C@H](N)CO2)CC1.CC.[HH]. The molecule has 5 heteroatoms. The molecule has 0 radical (unpaired) electrons. The van der Waals surface area contributed by atoms with Gasteiger partial charge in [0.15, 0.2) is 0 Å². The van der Waals surface area contributed by atoms with Gasteiger partial charge in [-0.05, 0) is 23.5 Å². The Morgan fingerprint density at radius 2 is 2.04 bits per heavy atom. The van der Waals surface area contributed by atoms with Crippen LogP contribution in [0, 0.1) is 5.92 Å². The van der Waals surface area contributed by atoms with Gasteiger partial charge in [-0.15, -0.1) is 0 Å². The Morgan fingerprint density at radius 1 is 1.40 bits per heavy atom. The Hall–Kier alpha value is -1.43. The molecule has 144 valence electrons. The second-order valence-corrected chi connectivity index (χ2v) is 6.65. The fraction of sp³-hybridized carbons (Fsp3) is 0.650. The number of carbonyl (C=O) groups excluding carboxylic acids is 1. The summed E-state index contributed by atoms with van der Waals surface area (Å²) in [7, 11) is 0. The second kappa shape index (κ2) is 9.90. The summed E-state index contributed by atoms with van der Waals surface area (Å²) in [4.78, 5) is 14.8. The van der Waals surface area contributed by atoms with Crippen LogP contribution in [-0.4, -0.2) is 53.4 Å². The molecule has 0 spiro atoms. The number of nitrogens with zero attached hydrogens (tertiary/aromatic N) is 1. The number of nitrogens with two attached hydrogens (primary N) is 1. The van der Waals surface area contributed by atoms with E-state index in [0.717, 1.165) is 17.6 Å². The molecule has 1 amide bonds. The first-order chi connectivity index (χ1) is 11.9. The molecule has 0 aromatic rings. The Bertz CT molecular complexity index is 519. The zero-order chi connectivity index (χ0) is 19.1. The third-order valence-corrected chi connectivity index (χ3v) is 4.74. The third-order valence-electron chi connectivity index (χ3n) is 4.74. The fourth-order valence-electron chi connectivity index (χ4n) is 3.48. The van der Waals surface area contributed by atoms with E-state index < -0.39 is 18.2 Å². The maximum Gasteiger partial charge on any atom is 0.252 e. The number of hydrogen-bond acceptors (Lipinski definition) is 4. The first-order valence-corrected chi connectivity index (χ1v) is 9.24. The minimum Gasteiger partial charge on any atom is -0.391 e. The van der Waals surface area contributed by atoms with E-state index in [9.17, 15) is 9.90 Å². The van der Waals surface area contributed by atoms with Gasteiger partial charge in [0, 0.05) is 14.4 Å². The fourth-order valence-corrected chi connectivity index (χ4v) is 3.48. The highest BCUT2D eigenvalue weighted by molar-refractivity contribution is 5.82. The largest absolute Gasteiger partial charge is 0.391 e. The lowest BCUT2D eigenvalue weighted by molar-refractivity contribution is -0.154. The maximum atomic E-state index is 12.9. The standard InChI is InChI=1S/C18H28N2O3.C2H6.H2/c1-5-12-7-8-20(17(11(3)4)13(12)6-2)18(22)16-9-15(21)14(19)10-23-16;1-2;/h5-6,11,14-17,21H,1-2,7-10,19H2,3-4H3;1-2H3;1H/t14-,15+,16-,17+;;/m1../s1. The van der Waals surface area contributed by atoms with Crippen LogP contribution < -0.4 is 5.73 Å². The first-order valence-electron chi connectivity index (χ1n) is 9.24. The predicted molar refractivity (Wildman–Crippen MR) is 104 cm³/mol. The molecule has 4 atom stereocenters. The molecule has 25 heavy (non-hydrogen) atoms. The van der Waals surface area contributed by atoms with Gasteiger partial charge in [-0.25, -0.2) is 0 Å². The monoisotopic (exact) mass is 352 g/mol. The molecule has 3 N–H and O–H groups in total. The number of aliphatic hydroxyl groups excluding tert-OH is 1. The molecular formula is C20H36N2O3. The molecule has 0 saturated carbocycles. The van der Waals surface area contributed by atoms with E-state index in [0.29, 0.717) is 6.54 Å². The smallest absolute Gasteiger partial charge is 0.252 e. The second-order valence-electron chi connectivity index (χ2n) is 6.65. The average molecular weight is 353 g/mol. The van der Waals surface area contributed by atoms with Crippen LogP contribution in [0.25, 0.3) is 0 Å². The molecule has 5 nitrogen and oxygen atoms in total. The van der Waals surface area contributed by atoms with E-state index in [1.165, 1.54) is 0 Å². The van der Waals surface area contributed by atoms with Crippen LogP contribution in [0.15, 0.2) is 36.5 Å². The van der Waals surface area contributed by atoms with Crippen molar-refractivity contribution in [3.63, 3.8) is 0 Å². The summed E-state index contributed by atoms with van der Waals surface area (Å²) in [6.45, 7) is 16.8. The molecule has 0 bridgehead atoms. The molecule has 0 aromatic carbocycles. The van der Waals surface area contributed by atoms with Gasteiger partial charge in [0.05, 0.1) is 24.8 Å². The van der Waals surface area contributed by atoms with Crippen molar-refractivity contribution >= 4 is 5.91 Å². The van der Waals surface area contributed by atoms with Gasteiger partial charge >= 0.3 is 0 Å². The number of rotatable bonds is 4. The average Bonchev–Trinajstić information content (AvgIpc) is 2.63. The molecule has 2 aliphatic rings. The van der Waals surface area contributed by atoms with Crippen LogP contribution in [0.4, 0.5) is 0 Å². The van der Waals surface area contributed by atoms with Crippen LogP contribution in [0.5, 0.6) is 0 Å². The van der Waals surface area contributed by atoms with Gasteiger partial charge in [-0.1, -0.05) is 53.0 Å². The van der Waals surface area contributed by atoms with Crippen molar-refractivity contribution in [1.82, 2.24) is 4.90 Å². The summed E-state index contributed by atoms with van der Waals surface area (Å²) in [5.74, 6) is 0.176. The molecule has 0 aliphatic carbocycles. The lowest BCUT2D eigenvalue weighted by Crippen LogP contribution is -2.56. The van der Waals surface area contributed by atoms with Gasteiger partial charge in [0.25, 0.3) is 5.91 Å². The number of aliphatic hydroxyl groups is 1. The van der Waals surface area contributed by atoms with E-state index >= 15 is 0 Å². The number of hydrogen-bond donors (Lipinski definition) is 2. The van der Waals surface area contributed by atoms with E-state index in [2.05, 4.69) is 27.0 Å². The van der Waals surface area contributed by atoms with Gasteiger partial charge in [0.1, 0.15) is 6.10 Å². The van der Waals surface area contributed by atoms with Crippen LogP contribution in [0.3, 0.4) is 0 Å². The Labute approximate surface area is 153 Å². The summed E-state index contributed by atoms with van der Waals surface area (Å²) in [5.41, 5.74) is 7.95. The zero-order valence-corrected chi connectivity index (χ0v) is 16.1. The summed E-state index contributed by atoms with van der Waals surface area (Å²) in [5, 5.41) is 9.93. The van der Waals surface area contributed by atoms with Gasteiger partial charge in [-0.2, -0.15) is 0 Å². The normalized spacial score (nSPS) is 29.8. The van der Waals surface area contributed by atoms with Gasteiger partial charge < -0.3 is 20.5 Å².